The maximum absolute atomic E-state index is 12.8. The van der Waals surface area contributed by atoms with Gasteiger partial charge in [-0.1, -0.05) is 36.4 Å². The Labute approximate surface area is 189 Å². The van der Waals surface area contributed by atoms with Crippen molar-refractivity contribution in [3.05, 3.63) is 83.2 Å². The lowest BCUT2D eigenvalue weighted by Gasteiger charge is -2.11. The molecule has 7 heteroatoms. The maximum atomic E-state index is 12.8. The van der Waals surface area contributed by atoms with E-state index in [-0.39, 0.29) is 18.4 Å². The zero-order chi connectivity index (χ0) is 22.5. The quantitative estimate of drug-likeness (QED) is 0.394. The van der Waals surface area contributed by atoms with Gasteiger partial charge in [-0.15, -0.1) is 11.3 Å². The second-order valence-corrected chi connectivity index (χ2v) is 8.13. The van der Waals surface area contributed by atoms with Crippen LogP contribution in [0.25, 0.3) is 10.1 Å². The molecule has 2 N–H and O–H groups in total. The van der Waals surface area contributed by atoms with Crippen molar-refractivity contribution in [2.45, 2.75) is 6.92 Å². The second-order valence-electron chi connectivity index (χ2n) is 7.07. The lowest BCUT2D eigenvalue weighted by Crippen LogP contribution is -2.20. The molecule has 0 fully saturated rings. The number of anilines is 2. The Kier molecular flexibility index (Phi) is 6.37. The largest absolute Gasteiger partial charge is 0.493 e. The summed E-state index contributed by atoms with van der Waals surface area (Å²) in [5.41, 5.74) is 2.11. The lowest BCUT2D eigenvalue weighted by atomic mass is 10.1. The van der Waals surface area contributed by atoms with E-state index in [1.807, 2.05) is 37.3 Å². The summed E-state index contributed by atoms with van der Waals surface area (Å²) in [6, 6.07) is 22.1. The summed E-state index contributed by atoms with van der Waals surface area (Å²) in [5.74, 6) is 0.554. The minimum Gasteiger partial charge on any atom is -0.493 e. The Morgan fingerprint density at radius 3 is 2.31 bits per heavy atom. The summed E-state index contributed by atoms with van der Waals surface area (Å²) in [5, 5.41) is 6.78. The molecule has 0 saturated carbocycles. The molecular formula is C25H22N2O4S. The molecule has 2 amide bonds. The van der Waals surface area contributed by atoms with Gasteiger partial charge >= 0.3 is 0 Å². The molecule has 0 radical (unpaired) electrons. The normalized spacial score (nSPS) is 10.6. The number of hydrogen-bond donors (Lipinski definition) is 2. The molecule has 0 saturated heterocycles. The van der Waals surface area contributed by atoms with Crippen LogP contribution in [0.15, 0.2) is 72.8 Å². The van der Waals surface area contributed by atoms with Gasteiger partial charge in [-0.3, -0.25) is 9.59 Å². The van der Waals surface area contributed by atoms with Gasteiger partial charge in [-0.2, -0.15) is 0 Å². The SMILES string of the molecule is COc1ccccc1OCC(=O)Nc1cccc(NC(=O)c2sc3ccccc3c2C)c1. The Hall–Kier alpha value is -3.84. The number of amides is 2. The first kappa shape index (κ1) is 21.4. The van der Waals surface area contributed by atoms with Crippen molar-refractivity contribution in [1.82, 2.24) is 0 Å². The number of fused-ring (bicyclic) bond motifs is 1. The van der Waals surface area contributed by atoms with Crippen molar-refractivity contribution >= 4 is 44.6 Å². The van der Waals surface area contributed by atoms with Crippen LogP contribution >= 0.6 is 11.3 Å². The number of carbonyl (C=O) groups excluding carboxylic acids is 2. The Morgan fingerprint density at radius 1 is 0.875 bits per heavy atom. The van der Waals surface area contributed by atoms with E-state index in [9.17, 15) is 9.59 Å². The molecule has 0 bridgehead atoms. The van der Waals surface area contributed by atoms with Gasteiger partial charge in [0, 0.05) is 16.1 Å². The summed E-state index contributed by atoms with van der Waals surface area (Å²) in [6.07, 6.45) is 0. The highest BCUT2D eigenvalue weighted by Gasteiger charge is 2.15. The molecule has 4 rings (SSSR count). The number of benzene rings is 3. The summed E-state index contributed by atoms with van der Waals surface area (Å²) < 4.78 is 11.8. The highest BCUT2D eigenvalue weighted by molar-refractivity contribution is 7.21. The van der Waals surface area contributed by atoms with Gasteiger partial charge in [-0.05, 0) is 54.3 Å². The van der Waals surface area contributed by atoms with E-state index in [4.69, 9.17) is 9.47 Å². The zero-order valence-corrected chi connectivity index (χ0v) is 18.5. The summed E-state index contributed by atoms with van der Waals surface area (Å²) >= 11 is 1.47. The third-order valence-electron chi connectivity index (χ3n) is 4.88. The van der Waals surface area contributed by atoms with E-state index in [1.165, 1.54) is 11.3 Å². The van der Waals surface area contributed by atoms with Gasteiger partial charge in [0.2, 0.25) is 0 Å². The highest BCUT2D eigenvalue weighted by atomic mass is 32.1. The topological polar surface area (TPSA) is 76.7 Å². The Bertz CT molecular complexity index is 1280. The predicted molar refractivity (Wildman–Crippen MR) is 128 cm³/mol. The minimum absolute atomic E-state index is 0.169. The molecule has 0 aliphatic carbocycles. The molecule has 32 heavy (non-hydrogen) atoms. The van der Waals surface area contributed by atoms with Crippen molar-refractivity contribution in [3.63, 3.8) is 0 Å². The number of hydrogen-bond acceptors (Lipinski definition) is 5. The number of ether oxygens (including phenoxy) is 2. The first-order valence-electron chi connectivity index (χ1n) is 10.0. The van der Waals surface area contributed by atoms with E-state index in [2.05, 4.69) is 10.6 Å². The first-order valence-corrected chi connectivity index (χ1v) is 10.8. The van der Waals surface area contributed by atoms with Crippen molar-refractivity contribution in [2.75, 3.05) is 24.4 Å². The minimum atomic E-state index is -0.320. The van der Waals surface area contributed by atoms with Crippen LogP contribution in [-0.2, 0) is 4.79 Å². The molecule has 1 heterocycles. The van der Waals surface area contributed by atoms with Crippen molar-refractivity contribution in [3.8, 4) is 11.5 Å². The van der Waals surface area contributed by atoms with Crippen LogP contribution in [0.1, 0.15) is 15.2 Å². The fourth-order valence-corrected chi connectivity index (χ4v) is 4.44. The van der Waals surface area contributed by atoms with E-state index < -0.39 is 0 Å². The monoisotopic (exact) mass is 446 g/mol. The maximum Gasteiger partial charge on any atom is 0.266 e. The highest BCUT2D eigenvalue weighted by Crippen LogP contribution is 2.31. The lowest BCUT2D eigenvalue weighted by molar-refractivity contribution is -0.118. The van der Waals surface area contributed by atoms with Crippen molar-refractivity contribution in [2.24, 2.45) is 0 Å². The molecule has 1 aromatic heterocycles. The molecule has 4 aromatic rings. The van der Waals surface area contributed by atoms with E-state index in [1.54, 1.807) is 49.6 Å². The van der Waals surface area contributed by atoms with Crippen LogP contribution in [0.5, 0.6) is 11.5 Å². The average Bonchev–Trinajstić information content (AvgIpc) is 3.15. The average molecular weight is 447 g/mol. The van der Waals surface area contributed by atoms with Gasteiger partial charge in [0.15, 0.2) is 18.1 Å². The molecule has 0 unspecified atom stereocenters. The predicted octanol–water partition coefficient (Wildman–Crippen LogP) is 5.49. The van der Waals surface area contributed by atoms with E-state index >= 15 is 0 Å². The fourth-order valence-electron chi connectivity index (χ4n) is 3.33. The molecule has 3 aromatic carbocycles. The Morgan fingerprint density at radius 2 is 1.56 bits per heavy atom. The second kappa shape index (κ2) is 9.53. The van der Waals surface area contributed by atoms with Gasteiger partial charge in [0.1, 0.15) is 0 Å². The van der Waals surface area contributed by atoms with Gasteiger partial charge in [0.05, 0.1) is 12.0 Å². The van der Waals surface area contributed by atoms with Crippen LogP contribution < -0.4 is 20.1 Å². The van der Waals surface area contributed by atoms with Gasteiger partial charge in [0.25, 0.3) is 11.8 Å². The number of methoxy groups -OCH3 is 1. The van der Waals surface area contributed by atoms with E-state index in [0.29, 0.717) is 27.8 Å². The summed E-state index contributed by atoms with van der Waals surface area (Å²) in [7, 11) is 1.54. The molecule has 162 valence electrons. The molecule has 0 aliphatic heterocycles. The zero-order valence-electron chi connectivity index (χ0n) is 17.7. The van der Waals surface area contributed by atoms with Crippen LogP contribution in [0.3, 0.4) is 0 Å². The van der Waals surface area contributed by atoms with Crippen LogP contribution in [-0.4, -0.2) is 25.5 Å². The number of thiophene rings is 1. The third-order valence-corrected chi connectivity index (χ3v) is 6.15. The fraction of sp³-hybridized carbons (Fsp3) is 0.120. The summed E-state index contributed by atoms with van der Waals surface area (Å²) in [4.78, 5) is 25.8. The third kappa shape index (κ3) is 4.73. The van der Waals surface area contributed by atoms with E-state index in [0.717, 1.165) is 15.6 Å². The van der Waals surface area contributed by atoms with Crippen molar-refractivity contribution in [1.29, 1.82) is 0 Å². The number of nitrogens with one attached hydrogen (secondary N) is 2. The van der Waals surface area contributed by atoms with Crippen LogP contribution in [0.4, 0.5) is 11.4 Å². The standard InChI is InChI=1S/C25H22N2O4S/c1-16-19-10-3-6-13-22(19)32-24(16)25(29)27-18-9-7-8-17(14-18)26-23(28)15-31-21-12-5-4-11-20(21)30-2/h3-14H,15H2,1-2H3,(H,26,28)(H,27,29). The smallest absolute Gasteiger partial charge is 0.266 e. The number of carbonyl (C=O) groups is 2. The van der Waals surface area contributed by atoms with Crippen molar-refractivity contribution < 1.29 is 19.1 Å². The van der Waals surface area contributed by atoms with Crippen LogP contribution in [0.2, 0.25) is 0 Å². The molecule has 6 nitrogen and oxygen atoms in total. The summed E-state index contributed by atoms with van der Waals surface area (Å²) in [6.45, 7) is 1.78. The Balaban J connectivity index is 1.40. The molecule has 0 atom stereocenters. The number of para-hydroxylation sites is 2. The molecular weight excluding hydrogens is 424 g/mol. The number of aryl methyl sites for hydroxylation is 1. The van der Waals surface area contributed by atoms with Crippen LogP contribution in [0, 0.1) is 6.92 Å². The van der Waals surface area contributed by atoms with Gasteiger partial charge in [-0.25, -0.2) is 0 Å². The number of rotatable bonds is 7. The van der Waals surface area contributed by atoms with Gasteiger partial charge < -0.3 is 20.1 Å². The first-order chi connectivity index (χ1) is 15.5. The molecule has 0 spiro atoms. The molecule has 0 aliphatic rings.